The second-order valence-electron chi connectivity index (χ2n) is 5.06. The predicted molar refractivity (Wildman–Crippen MR) is 73.2 cm³/mol. The molecule has 0 saturated carbocycles. The van der Waals surface area contributed by atoms with Gasteiger partial charge in [-0.3, -0.25) is 15.0 Å². The molecule has 6 heteroatoms. The lowest BCUT2D eigenvalue weighted by molar-refractivity contribution is -0.385. The number of nitrogens with zero attached hydrogens (tertiary/aromatic N) is 2. The molecule has 1 aliphatic heterocycles. The number of aliphatic hydroxyl groups is 1. The molecule has 104 valence electrons. The maximum atomic E-state index is 11.0. The van der Waals surface area contributed by atoms with Gasteiger partial charge in [0.05, 0.1) is 21.6 Å². The number of nitro groups is 1. The normalized spacial score (nSPS) is 24.4. The van der Waals surface area contributed by atoms with Gasteiger partial charge in [0.1, 0.15) is 0 Å². The van der Waals surface area contributed by atoms with Gasteiger partial charge in [-0.2, -0.15) is 0 Å². The Labute approximate surface area is 116 Å². The zero-order chi connectivity index (χ0) is 14.0. The third-order valence-electron chi connectivity index (χ3n) is 3.62. The maximum Gasteiger partial charge on any atom is 0.275 e. The third kappa shape index (κ3) is 3.23. The smallest absolute Gasteiger partial charge is 0.275 e. The van der Waals surface area contributed by atoms with Crippen LogP contribution in [0, 0.1) is 16.0 Å². The van der Waals surface area contributed by atoms with Crippen LogP contribution in [0.15, 0.2) is 18.2 Å². The van der Waals surface area contributed by atoms with Crippen molar-refractivity contribution in [3.8, 4) is 0 Å². The second kappa shape index (κ2) is 5.86. The first-order valence-corrected chi connectivity index (χ1v) is 6.69. The van der Waals surface area contributed by atoms with E-state index in [-0.39, 0.29) is 17.7 Å². The van der Waals surface area contributed by atoms with Crippen LogP contribution < -0.4 is 0 Å². The van der Waals surface area contributed by atoms with Crippen LogP contribution in [0.5, 0.6) is 0 Å². The molecule has 2 rings (SSSR count). The SMILES string of the molecule is CC1CN(Cc2c(Cl)cccc2[N+](=O)[O-])CCC1O. The van der Waals surface area contributed by atoms with E-state index in [0.717, 1.165) is 13.1 Å². The molecule has 1 fully saturated rings. The van der Waals surface area contributed by atoms with E-state index in [1.165, 1.54) is 6.07 Å². The van der Waals surface area contributed by atoms with Gasteiger partial charge in [0.2, 0.25) is 0 Å². The highest BCUT2D eigenvalue weighted by molar-refractivity contribution is 6.31. The zero-order valence-electron chi connectivity index (χ0n) is 10.8. The van der Waals surface area contributed by atoms with Gasteiger partial charge in [0, 0.05) is 25.7 Å². The van der Waals surface area contributed by atoms with Crippen LogP contribution in [-0.2, 0) is 6.54 Å². The number of nitro benzene ring substituents is 1. The average Bonchev–Trinajstić information content (AvgIpc) is 2.36. The van der Waals surface area contributed by atoms with Crippen LogP contribution in [-0.4, -0.2) is 34.1 Å². The molecule has 0 aliphatic carbocycles. The minimum Gasteiger partial charge on any atom is -0.393 e. The zero-order valence-corrected chi connectivity index (χ0v) is 11.5. The minimum atomic E-state index is -0.399. The fraction of sp³-hybridized carbons (Fsp3) is 0.538. The van der Waals surface area contributed by atoms with Crippen molar-refractivity contribution < 1.29 is 10.0 Å². The molecule has 1 N–H and O–H groups in total. The van der Waals surface area contributed by atoms with Gasteiger partial charge >= 0.3 is 0 Å². The Bertz CT molecular complexity index is 481. The lowest BCUT2D eigenvalue weighted by Crippen LogP contribution is -2.41. The molecule has 0 bridgehead atoms. The van der Waals surface area contributed by atoms with Gasteiger partial charge in [-0.25, -0.2) is 0 Å². The molecule has 19 heavy (non-hydrogen) atoms. The summed E-state index contributed by atoms with van der Waals surface area (Å²) >= 11 is 6.08. The summed E-state index contributed by atoms with van der Waals surface area (Å²) in [4.78, 5) is 12.7. The Balaban J connectivity index is 2.17. The Hall–Kier alpha value is -1.17. The van der Waals surface area contributed by atoms with E-state index in [1.54, 1.807) is 12.1 Å². The molecular formula is C13H17ClN2O3. The van der Waals surface area contributed by atoms with Crippen LogP contribution in [0.4, 0.5) is 5.69 Å². The molecule has 1 aromatic rings. The largest absolute Gasteiger partial charge is 0.393 e. The molecule has 0 amide bonds. The van der Waals surface area contributed by atoms with Crippen molar-refractivity contribution in [2.75, 3.05) is 13.1 Å². The van der Waals surface area contributed by atoms with Gasteiger partial charge in [-0.1, -0.05) is 24.6 Å². The van der Waals surface area contributed by atoms with Crippen molar-refractivity contribution in [2.24, 2.45) is 5.92 Å². The van der Waals surface area contributed by atoms with Crippen LogP contribution in [0.2, 0.25) is 5.02 Å². The number of hydrogen-bond donors (Lipinski definition) is 1. The topological polar surface area (TPSA) is 66.6 Å². The molecule has 0 aromatic heterocycles. The fourth-order valence-corrected chi connectivity index (χ4v) is 2.69. The van der Waals surface area contributed by atoms with Gasteiger partial charge in [0.25, 0.3) is 5.69 Å². The van der Waals surface area contributed by atoms with Crippen molar-refractivity contribution >= 4 is 17.3 Å². The molecule has 2 unspecified atom stereocenters. The van der Waals surface area contributed by atoms with E-state index in [1.807, 2.05) is 6.92 Å². The molecule has 2 atom stereocenters. The van der Waals surface area contributed by atoms with Crippen LogP contribution in [0.25, 0.3) is 0 Å². The number of likely N-dealkylation sites (tertiary alicyclic amines) is 1. The number of hydrogen-bond acceptors (Lipinski definition) is 4. The molecule has 1 saturated heterocycles. The summed E-state index contributed by atoms with van der Waals surface area (Å²) in [6, 6.07) is 4.74. The first-order chi connectivity index (χ1) is 8.99. The van der Waals surface area contributed by atoms with Crippen molar-refractivity contribution in [3.05, 3.63) is 38.9 Å². The number of rotatable bonds is 3. The quantitative estimate of drug-likeness (QED) is 0.684. The highest BCUT2D eigenvalue weighted by Crippen LogP contribution is 2.29. The van der Waals surface area contributed by atoms with Gasteiger partial charge < -0.3 is 5.11 Å². The number of benzene rings is 1. The van der Waals surface area contributed by atoms with Crippen LogP contribution in [0.1, 0.15) is 18.9 Å². The maximum absolute atomic E-state index is 11.0. The molecular weight excluding hydrogens is 268 g/mol. The summed E-state index contributed by atoms with van der Waals surface area (Å²) in [6.07, 6.45) is 0.414. The van der Waals surface area contributed by atoms with Crippen molar-refractivity contribution in [3.63, 3.8) is 0 Å². The second-order valence-corrected chi connectivity index (χ2v) is 5.47. The highest BCUT2D eigenvalue weighted by atomic mass is 35.5. The molecule has 1 aromatic carbocycles. The van der Waals surface area contributed by atoms with E-state index in [4.69, 9.17) is 11.6 Å². The predicted octanol–water partition coefficient (Wildman–Crippen LogP) is 2.45. The van der Waals surface area contributed by atoms with E-state index in [2.05, 4.69) is 4.90 Å². The molecule has 1 aliphatic rings. The van der Waals surface area contributed by atoms with Gasteiger partial charge in [-0.05, 0) is 18.4 Å². The number of halogens is 1. The number of aliphatic hydroxyl groups excluding tert-OH is 1. The Morgan fingerprint density at radius 1 is 1.58 bits per heavy atom. The summed E-state index contributed by atoms with van der Waals surface area (Å²) < 4.78 is 0. The molecule has 0 radical (unpaired) electrons. The lowest BCUT2D eigenvalue weighted by atomic mass is 9.96. The molecule has 1 heterocycles. The van der Waals surface area contributed by atoms with Gasteiger partial charge in [-0.15, -0.1) is 0 Å². The Morgan fingerprint density at radius 3 is 2.95 bits per heavy atom. The van der Waals surface area contributed by atoms with Crippen LogP contribution >= 0.6 is 11.6 Å². The summed E-state index contributed by atoms with van der Waals surface area (Å²) in [5.74, 6) is 0.176. The summed E-state index contributed by atoms with van der Waals surface area (Å²) in [5, 5.41) is 21.1. The standard InChI is InChI=1S/C13H17ClN2O3/c1-9-7-15(6-5-13(9)17)8-10-11(14)3-2-4-12(10)16(18)19/h2-4,9,13,17H,5-8H2,1H3. The summed E-state index contributed by atoms with van der Waals surface area (Å²) in [7, 11) is 0. The van der Waals surface area contributed by atoms with Crippen molar-refractivity contribution in [1.29, 1.82) is 0 Å². The summed E-state index contributed by atoms with van der Waals surface area (Å²) in [6.45, 7) is 3.89. The first-order valence-electron chi connectivity index (χ1n) is 6.31. The average molecular weight is 285 g/mol. The monoisotopic (exact) mass is 284 g/mol. The fourth-order valence-electron chi connectivity index (χ4n) is 2.46. The van der Waals surface area contributed by atoms with E-state index in [9.17, 15) is 15.2 Å². The Morgan fingerprint density at radius 2 is 2.32 bits per heavy atom. The molecule has 5 nitrogen and oxygen atoms in total. The van der Waals surface area contributed by atoms with Gasteiger partial charge in [0.15, 0.2) is 0 Å². The first kappa shape index (κ1) is 14.2. The van der Waals surface area contributed by atoms with E-state index in [0.29, 0.717) is 23.6 Å². The lowest BCUT2D eigenvalue weighted by Gasteiger charge is -2.34. The number of piperidine rings is 1. The minimum absolute atomic E-state index is 0.0614. The van der Waals surface area contributed by atoms with Crippen molar-refractivity contribution in [1.82, 2.24) is 4.90 Å². The van der Waals surface area contributed by atoms with Crippen LogP contribution in [0.3, 0.4) is 0 Å². The molecule has 0 spiro atoms. The van der Waals surface area contributed by atoms with Crippen molar-refractivity contribution in [2.45, 2.75) is 26.0 Å². The Kier molecular flexibility index (Phi) is 4.39. The highest BCUT2D eigenvalue weighted by Gasteiger charge is 2.26. The van der Waals surface area contributed by atoms with E-state index >= 15 is 0 Å². The third-order valence-corrected chi connectivity index (χ3v) is 3.97. The van der Waals surface area contributed by atoms with E-state index < -0.39 is 4.92 Å². The summed E-state index contributed by atoms with van der Waals surface area (Å²) in [5.41, 5.74) is 0.615.